The topological polar surface area (TPSA) is 20.2 Å². The fourth-order valence-electron chi connectivity index (χ4n) is 1.55. The van der Waals surface area contributed by atoms with Crippen molar-refractivity contribution in [1.29, 1.82) is 0 Å². The van der Waals surface area contributed by atoms with Crippen LogP contribution in [0.2, 0.25) is 0 Å². The van der Waals surface area contributed by atoms with E-state index in [1.165, 1.54) is 5.56 Å². The molecule has 0 aliphatic heterocycles. The van der Waals surface area contributed by atoms with E-state index in [0.717, 1.165) is 12.0 Å². The minimum absolute atomic E-state index is 0.0902. The van der Waals surface area contributed by atoms with E-state index in [1.54, 1.807) is 0 Å². The van der Waals surface area contributed by atoms with Crippen LogP contribution in [0.3, 0.4) is 0 Å². The molecular formula is C9H10OS. The van der Waals surface area contributed by atoms with Crippen molar-refractivity contribution in [3.8, 4) is 0 Å². The highest BCUT2D eigenvalue weighted by Gasteiger charge is 2.27. The largest absolute Gasteiger partial charge is 0.387 e. The van der Waals surface area contributed by atoms with Gasteiger partial charge in [0.1, 0.15) is 0 Å². The Kier molecular flexibility index (Phi) is 1.66. The van der Waals surface area contributed by atoms with Gasteiger partial charge in [0.05, 0.1) is 6.10 Å². The van der Waals surface area contributed by atoms with Gasteiger partial charge in [-0.2, -0.15) is 12.6 Å². The molecule has 1 N–H and O–H groups in total. The number of aliphatic hydroxyl groups is 1. The third kappa shape index (κ3) is 1.06. The lowest BCUT2D eigenvalue weighted by molar-refractivity contribution is 0.186. The van der Waals surface area contributed by atoms with Gasteiger partial charge >= 0.3 is 0 Å². The lowest BCUT2D eigenvalue weighted by Gasteiger charge is -2.06. The molecule has 1 aromatic rings. The van der Waals surface area contributed by atoms with E-state index in [-0.39, 0.29) is 11.4 Å². The van der Waals surface area contributed by atoms with Crippen LogP contribution in [-0.2, 0) is 6.42 Å². The van der Waals surface area contributed by atoms with Crippen molar-refractivity contribution < 1.29 is 5.11 Å². The van der Waals surface area contributed by atoms with Gasteiger partial charge in [-0.05, 0) is 17.5 Å². The third-order valence-corrected chi connectivity index (χ3v) is 2.63. The monoisotopic (exact) mass is 166 g/mol. The van der Waals surface area contributed by atoms with Gasteiger partial charge in [0.2, 0.25) is 0 Å². The molecule has 1 nitrogen and oxygen atoms in total. The van der Waals surface area contributed by atoms with Crippen LogP contribution in [-0.4, -0.2) is 10.4 Å². The maximum atomic E-state index is 9.57. The molecule has 0 fully saturated rings. The molecule has 1 aromatic carbocycles. The standard InChI is InChI=1S/C9H10OS/c10-9-7-4-2-1-3-6(7)5-8(9)11/h1-4,8-11H,5H2. The molecule has 2 heteroatoms. The summed E-state index contributed by atoms with van der Waals surface area (Å²) in [6.07, 6.45) is 0.523. The number of rotatable bonds is 0. The van der Waals surface area contributed by atoms with Crippen LogP contribution in [0, 0.1) is 0 Å². The highest BCUT2D eigenvalue weighted by molar-refractivity contribution is 7.81. The molecule has 2 atom stereocenters. The Bertz CT molecular complexity index is 272. The summed E-state index contributed by atoms with van der Waals surface area (Å²) in [5, 5.41) is 9.66. The Labute approximate surface area is 71.5 Å². The molecule has 2 unspecified atom stereocenters. The van der Waals surface area contributed by atoms with Crippen molar-refractivity contribution in [3.63, 3.8) is 0 Å². The van der Waals surface area contributed by atoms with Gasteiger partial charge < -0.3 is 5.11 Å². The third-order valence-electron chi connectivity index (χ3n) is 2.17. The average Bonchev–Trinajstić information content (AvgIpc) is 2.30. The van der Waals surface area contributed by atoms with Crippen molar-refractivity contribution in [1.82, 2.24) is 0 Å². The van der Waals surface area contributed by atoms with Gasteiger partial charge in [0.15, 0.2) is 0 Å². The Hall–Kier alpha value is -0.470. The summed E-state index contributed by atoms with van der Waals surface area (Å²) >= 11 is 4.28. The first-order valence-corrected chi connectivity index (χ1v) is 4.24. The second-order valence-corrected chi connectivity index (χ2v) is 3.58. The predicted octanol–water partition coefficient (Wildman–Crippen LogP) is 1.57. The van der Waals surface area contributed by atoms with Gasteiger partial charge in [0.25, 0.3) is 0 Å². The van der Waals surface area contributed by atoms with Crippen LogP contribution in [0.5, 0.6) is 0 Å². The summed E-state index contributed by atoms with van der Waals surface area (Å²) in [7, 11) is 0. The van der Waals surface area contributed by atoms with Gasteiger partial charge in [-0.25, -0.2) is 0 Å². The van der Waals surface area contributed by atoms with E-state index >= 15 is 0 Å². The summed E-state index contributed by atoms with van der Waals surface area (Å²) in [6.45, 7) is 0. The maximum absolute atomic E-state index is 9.57. The van der Waals surface area contributed by atoms with Gasteiger partial charge in [0, 0.05) is 5.25 Å². The molecule has 2 rings (SSSR count). The fraction of sp³-hybridized carbons (Fsp3) is 0.333. The quantitative estimate of drug-likeness (QED) is 0.561. The molecule has 11 heavy (non-hydrogen) atoms. The highest BCUT2D eigenvalue weighted by atomic mass is 32.1. The van der Waals surface area contributed by atoms with Gasteiger partial charge in [-0.1, -0.05) is 24.3 Å². The average molecular weight is 166 g/mol. The van der Waals surface area contributed by atoms with Crippen molar-refractivity contribution >= 4 is 12.6 Å². The molecular weight excluding hydrogens is 156 g/mol. The van der Waals surface area contributed by atoms with Crippen molar-refractivity contribution in [2.45, 2.75) is 17.8 Å². The molecule has 0 aromatic heterocycles. The molecule has 1 aliphatic carbocycles. The van der Waals surface area contributed by atoms with Crippen molar-refractivity contribution in [2.24, 2.45) is 0 Å². The van der Waals surface area contributed by atoms with Crippen LogP contribution in [0.1, 0.15) is 17.2 Å². The van der Waals surface area contributed by atoms with Crippen LogP contribution in [0.25, 0.3) is 0 Å². The van der Waals surface area contributed by atoms with Crippen molar-refractivity contribution in [2.75, 3.05) is 0 Å². The second kappa shape index (κ2) is 2.54. The van der Waals surface area contributed by atoms with E-state index in [9.17, 15) is 5.11 Å². The SMILES string of the molecule is OC1c2ccccc2CC1S. The molecule has 0 bridgehead atoms. The minimum Gasteiger partial charge on any atom is -0.387 e. The number of hydrogen-bond acceptors (Lipinski definition) is 2. The van der Waals surface area contributed by atoms with Gasteiger partial charge in [-0.15, -0.1) is 0 Å². The first-order valence-electron chi connectivity index (χ1n) is 3.73. The van der Waals surface area contributed by atoms with E-state index in [2.05, 4.69) is 18.7 Å². The van der Waals surface area contributed by atoms with E-state index in [4.69, 9.17) is 0 Å². The number of thiol groups is 1. The molecule has 0 saturated carbocycles. The van der Waals surface area contributed by atoms with Crippen LogP contribution in [0.15, 0.2) is 24.3 Å². The summed E-state index contributed by atoms with van der Waals surface area (Å²) in [5.41, 5.74) is 2.28. The molecule has 1 aliphatic rings. The smallest absolute Gasteiger partial charge is 0.0911 e. The zero-order valence-corrected chi connectivity index (χ0v) is 6.96. The van der Waals surface area contributed by atoms with Gasteiger partial charge in [-0.3, -0.25) is 0 Å². The van der Waals surface area contributed by atoms with Crippen LogP contribution in [0.4, 0.5) is 0 Å². The predicted molar refractivity (Wildman–Crippen MR) is 47.9 cm³/mol. The van der Waals surface area contributed by atoms with Crippen LogP contribution < -0.4 is 0 Å². The summed E-state index contributed by atoms with van der Waals surface area (Å²) in [6, 6.07) is 7.97. The molecule has 0 spiro atoms. The first kappa shape index (κ1) is 7.19. The van der Waals surface area contributed by atoms with E-state index in [1.807, 2.05) is 18.2 Å². The van der Waals surface area contributed by atoms with Crippen molar-refractivity contribution in [3.05, 3.63) is 35.4 Å². The fourth-order valence-corrected chi connectivity index (χ4v) is 1.91. The molecule has 0 saturated heterocycles. The maximum Gasteiger partial charge on any atom is 0.0911 e. The normalized spacial score (nSPS) is 28.5. The Morgan fingerprint density at radius 1 is 1.36 bits per heavy atom. The summed E-state index contributed by atoms with van der Waals surface area (Å²) in [5.74, 6) is 0. The Balaban J connectivity index is 2.47. The molecule has 0 radical (unpaired) electrons. The van der Waals surface area contributed by atoms with E-state index < -0.39 is 0 Å². The molecule has 0 heterocycles. The summed E-state index contributed by atoms with van der Waals surface area (Å²) in [4.78, 5) is 0. The van der Waals surface area contributed by atoms with E-state index in [0.29, 0.717) is 0 Å². The zero-order chi connectivity index (χ0) is 7.84. The first-order chi connectivity index (χ1) is 5.29. The number of aliphatic hydroxyl groups excluding tert-OH is 1. The Morgan fingerprint density at radius 3 is 2.82 bits per heavy atom. The molecule has 58 valence electrons. The number of hydrogen-bond donors (Lipinski definition) is 2. The highest BCUT2D eigenvalue weighted by Crippen LogP contribution is 2.33. The lowest BCUT2D eigenvalue weighted by Crippen LogP contribution is -2.04. The second-order valence-electron chi connectivity index (χ2n) is 2.92. The summed E-state index contributed by atoms with van der Waals surface area (Å²) < 4.78 is 0. The zero-order valence-electron chi connectivity index (χ0n) is 6.07. The lowest BCUT2D eigenvalue weighted by atomic mass is 10.1. The number of fused-ring (bicyclic) bond motifs is 1. The Morgan fingerprint density at radius 2 is 2.09 bits per heavy atom. The molecule has 0 amide bonds. The minimum atomic E-state index is -0.366. The number of benzene rings is 1. The van der Waals surface area contributed by atoms with Crippen LogP contribution >= 0.6 is 12.6 Å².